The molecule has 94 valence electrons. The fourth-order valence-electron chi connectivity index (χ4n) is 1.94. The van der Waals surface area contributed by atoms with Crippen LogP contribution in [0.5, 0.6) is 0 Å². The lowest BCUT2D eigenvalue weighted by molar-refractivity contribution is 0.677. The fourth-order valence-corrected chi connectivity index (χ4v) is 1.94. The maximum Gasteiger partial charge on any atom is -0.00142 e. The third-order valence-electron chi connectivity index (χ3n) is 2.81. The summed E-state index contributed by atoms with van der Waals surface area (Å²) in [4.78, 5) is 0. The minimum absolute atomic E-state index is 1.08. The highest BCUT2D eigenvalue weighted by Crippen LogP contribution is 2.10. The van der Waals surface area contributed by atoms with Gasteiger partial charge in [-0.15, -0.1) is 0 Å². The van der Waals surface area contributed by atoms with Crippen molar-refractivity contribution in [2.75, 3.05) is 13.1 Å². The molecule has 0 aromatic heterocycles. The Morgan fingerprint density at radius 1 is 1.29 bits per heavy atom. The Morgan fingerprint density at radius 2 is 2.12 bits per heavy atom. The topological polar surface area (TPSA) is 12.0 Å². The smallest absolute Gasteiger partial charge is 0.00142 e. The van der Waals surface area contributed by atoms with Gasteiger partial charge in [-0.25, -0.2) is 0 Å². The van der Waals surface area contributed by atoms with Crippen LogP contribution in [-0.4, -0.2) is 13.1 Å². The lowest BCUT2D eigenvalue weighted by Crippen LogP contribution is -2.15. The summed E-state index contributed by atoms with van der Waals surface area (Å²) in [5.41, 5.74) is 4.23. The van der Waals surface area contributed by atoms with Crippen LogP contribution < -0.4 is 5.32 Å². The summed E-state index contributed by atoms with van der Waals surface area (Å²) in [6.07, 6.45) is 5.78. The van der Waals surface area contributed by atoms with E-state index in [2.05, 4.69) is 56.4 Å². The first-order valence-electron chi connectivity index (χ1n) is 6.64. The summed E-state index contributed by atoms with van der Waals surface area (Å²) < 4.78 is 0. The van der Waals surface area contributed by atoms with Gasteiger partial charge in [0.05, 0.1) is 0 Å². The minimum atomic E-state index is 1.08. The van der Waals surface area contributed by atoms with Crippen LogP contribution in [0.2, 0.25) is 0 Å². The van der Waals surface area contributed by atoms with Crippen LogP contribution in [0.15, 0.2) is 35.9 Å². The molecule has 0 amide bonds. The SMILES string of the molecule is CCCNCCC=C(C)Cc1cccc(C)c1. The molecule has 0 heterocycles. The van der Waals surface area contributed by atoms with E-state index in [1.54, 1.807) is 0 Å². The predicted molar refractivity (Wildman–Crippen MR) is 76.4 cm³/mol. The van der Waals surface area contributed by atoms with Crippen LogP contribution in [0.4, 0.5) is 0 Å². The summed E-state index contributed by atoms with van der Waals surface area (Å²) in [5, 5.41) is 3.42. The first kappa shape index (κ1) is 14.0. The molecule has 0 fully saturated rings. The van der Waals surface area contributed by atoms with Crippen molar-refractivity contribution in [2.45, 2.75) is 40.0 Å². The molecule has 1 heteroatoms. The highest BCUT2D eigenvalue weighted by atomic mass is 14.8. The van der Waals surface area contributed by atoms with Gasteiger partial charge in [0.15, 0.2) is 0 Å². The van der Waals surface area contributed by atoms with Crippen molar-refractivity contribution in [2.24, 2.45) is 0 Å². The van der Waals surface area contributed by atoms with Crippen LogP contribution in [-0.2, 0) is 6.42 Å². The maximum absolute atomic E-state index is 3.42. The van der Waals surface area contributed by atoms with Gasteiger partial charge in [-0.3, -0.25) is 0 Å². The van der Waals surface area contributed by atoms with Gasteiger partial charge in [0, 0.05) is 0 Å². The van der Waals surface area contributed by atoms with Crippen molar-refractivity contribution in [1.82, 2.24) is 5.32 Å². The number of rotatable bonds is 7. The summed E-state index contributed by atoms with van der Waals surface area (Å²) in [7, 11) is 0. The lowest BCUT2D eigenvalue weighted by Gasteiger charge is -2.04. The molecule has 1 aromatic rings. The van der Waals surface area contributed by atoms with E-state index in [-0.39, 0.29) is 0 Å². The van der Waals surface area contributed by atoms with E-state index >= 15 is 0 Å². The number of hydrogen-bond acceptors (Lipinski definition) is 1. The van der Waals surface area contributed by atoms with E-state index in [1.807, 2.05) is 0 Å². The number of nitrogens with one attached hydrogen (secondary N) is 1. The Morgan fingerprint density at radius 3 is 2.82 bits per heavy atom. The quantitative estimate of drug-likeness (QED) is 0.555. The number of benzene rings is 1. The molecule has 0 unspecified atom stereocenters. The van der Waals surface area contributed by atoms with E-state index in [1.165, 1.54) is 23.1 Å². The summed E-state index contributed by atoms with van der Waals surface area (Å²) in [6.45, 7) is 8.80. The molecule has 1 nitrogen and oxygen atoms in total. The lowest BCUT2D eigenvalue weighted by atomic mass is 10.0. The van der Waals surface area contributed by atoms with E-state index in [4.69, 9.17) is 0 Å². The van der Waals surface area contributed by atoms with E-state index < -0.39 is 0 Å². The summed E-state index contributed by atoms with van der Waals surface area (Å²) in [5.74, 6) is 0. The van der Waals surface area contributed by atoms with Gasteiger partial charge in [0.1, 0.15) is 0 Å². The molecule has 0 spiro atoms. The molecule has 0 aliphatic carbocycles. The average Bonchev–Trinajstić information content (AvgIpc) is 2.29. The molecule has 1 rings (SSSR count). The molecule has 0 saturated heterocycles. The molecule has 0 bridgehead atoms. The van der Waals surface area contributed by atoms with Crippen molar-refractivity contribution < 1.29 is 0 Å². The van der Waals surface area contributed by atoms with Crippen molar-refractivity contribution in [1.29, 1.82) is 0 Å². The Balaban J connectivity index is 2.33. The van der Waals surface area contributed by atoms with Crippen molar-refractivity contribution in [3.8, 4) is 0 Å². The molecular formula is C16H25N. The Labute approximate surface area is 106 Å². The molecule has 0 atom stereocenters. The highest BCUT2D eigenvalue weighted by Gasteiger charge is 1.95. The molecule has 1 aromatic carbocycles. The minimum Gasteiger partial charge on any atom is -0.316 e. The third-order valence-corrected chi connectivity index (χ3v) is 2.81. The van der Waals surface area contributed by atoms with Crippen LogP contribution in [0.1, 0.15) is 37.8 Å². The Bertz CT molecular complexity index is 352. The van der Waals surface area contributed by atoms with Gasteiger partial charge >= 0.3 is 0 Å². The number of allylic oxidation sites excluding steroid dienone is 1. The zero-order valence-electron chi connectivity index (χ0n) is 11.4. The normalized spacial score (nSPS) is 11.8. The number of aryl methyl sites for hydroxylation is 1. The van der Waals surface area contributed by atoms with Crippen molar-refractivity contribution in [3.63, 3.8) is 0 Å². The molecule has 1 N–H and O–H groups in total. The van der Waals surface area contributed by atoms with Gasteiger partial charge < -0.3 is 5.32 Å². The summed E-state index contributed by atoms with van der Waals surface area (Å²) >= 11 is 0. The van der Waals surface area contributed by atoms with E-state index in [0.717, 1.165) is 25.9 Å². The third kappa shape index (κ3) is 6.28. The fraction of sp³-hybridized carbons (Fsp3) is 0.500. The average molecular weight is 231 g/mol. The molecular weight excluding hydrogens is 206 g/mol. The van der Waals surface area contributed by atoms with Gasteiger partial charge in [0.25, 0.3) is 0 Å². The van der Waals surface area contributed by atoms with Crippen LogP contribution >= 0.6 is 0 Å². The maximum atomic E-state index is 3.42. The van der Waals surface area contributed by atoms with E-state index in [9.17, 15) is 0 Å². The van der Waals surface area contributed by atoms with Gasteiger partial charge in [-0.05, 0) is 51.8 Å². The first-order chi connectivity index (χ1) is 8.22. The van der Waals surface area contributed by atoms with Gasteiger partial charge in [-0.2, -0.15) is 0 Å². The van der Waals surface area contributed by atoms with Crippen LogP contribution in [0.3, 0.4) is 0 Å². The zero-order valence-corrected chi connectivity index (χ0v) is 11.4. The standard InChI is InChI=1S/C16H25N/c1-4-10-17-11-6-8-15(3)13-16-9-5-7-14(2)12-16/h5,7-9,12,17H,4,6,10-11,13H2,1-3H3. The largest absolute Gasteiger partial charge is 0.316 e. The molecule has 0 aliphatic rings. The Kier molecular flexibility index (Phi) is 6.64. The second-order valence-electron chi connectivity index (χ2n) is 4.75. The zero-order chi connectivity index (χ0) is 12.5. The molecule has 17 heavy (non-hydrogen) atoms. The van der Waals surface area contributed by atoms with Crippen LogP contribution in [0.25, 0.3) is 0 Å². The predicted octanol–water partition coefficient (Wildman–Crippen LogP) is 3.87. The molecule has 0 saturated carbocycles. The number of hydrogen-bond donors (Lipinski definition) is 1. The second kappa shape index (κ2) is 8.08. The van der Waals surface area contributed by atoms with E-state index in [0.29, 0.717) is 0 Å². The Hall–Kier alpha value is -1.08. The monoisotopic (exact) mass is 231 g/mol. The molecule has 0 aliphatic heterocycles. The first-order valence-corrected chi connectivity index (χ1v) is 6.64. The van der Waals surface area contributed by atoms with Gasteiger partial charge in [-0.1, -0.05) is 48.4 Å². The van der Waals surface area contributed by atoms with Crippen molar-refractivity contribution >= 4 is 0 Å². The second-order valence-corrected chi connectivity index (χ2v) is 4.75. The van der Waals surface area contributed by atoms with Crippen molar-refractivity contribution in [3.05, 3.63) is 47.0 Å². The van der Waals surface area contributed by atoms with Gasteiger partial charge in [0.2, 0.25) is 0 Å². The van der Waals surface area contributed by atoms with Crippen LogP contribution in [0, 0.1) is 6.92 Å². The summed E-state index contributed by atoms with van der Waals surface area (Å²) in [6, 6.07) is 8.77. The highest BCUT2D eigenvalue weighted by molar-refractivity contribution is 5.26. The molecule has 0 radical (unpaired) electrons.